The second kappa shape index (κ2) is 7.55. The molecular weight excluding hydrogens is 220 g/mol. The minimum Gasteiger partial charge on any atom is -0.317 e. The summed E-state index contributed by atoms with van der Waals surface area (Å²) in [6.07, 6.45) is 2.55. The summed E-state index contributed by atoms with van der Waals surface area (Å²) in [7, 11) is 0. The number of rotatable bonds is 1. The van der Waals surface area contributed by atoms with Gasteiger partial charge in [-0.05, 0) is 53.6 Å². The van der Waals surface area contributed by atoms with Crippen LogP contribution in [0.2, 0.25) is 0 Å². The molecule has 1 aliphatic heterocycles. The lowest BCUT2D eigenvalue weighted by atomic mass is 10.0. The Hall–Kier alpha value is -0.860. The van der Waals surface area contributed by atoms with Crippen molar-refractivity contribution in [3.05, 3.63) is 35.9 Å². The van der Waals surface area contributed by atoms with E-state index in [4.69, 9.17) is 0 Å². The van der Waals surface area contributed by atoms with Crippen LogP contribution in [0.3, 0.4) is 0 Å². The fraction of sp³-hybridized carbons (Fsp3) is 0.625. The fourth-order valence-electron chi connectivity index (χ4n) is 2.11. The van der Waals surface area contributed by atoms with Crippen LogP contribution >= 0.6 is 0 Å². The molecule has 1 heterocycles. The van der Waals surface area contributed by atoms with Gasteiger partial charge in [0.05, 0.1) is 0 Å². The number of hydrogen-bond donors (Lipinski definition) is 2. The smallest absolute Gasteiger partial charge is 0.00991 e. The highest BCUT2D eigenvalue weighted by atomic mass is 15.0. The third-order valence-corrected chi connectivity index (χ3v) is 2.92. The zero-order valence-electron chi connectivity index (χ0n) is 12.3. The molecule has 18 heavy (non-hydrogen) atoms. The van der Waals surface area contributed by atoms with Crippen LogP contribution < -0.4 is 10.6 Å². The zero-order valence-corrected chi connectivity index (χ0v) is 12.3. The van der Waals surface area contributed by atoms with Crippen molar-refractivity contribution in [2.75, 3.05) is 13.1 Å². The highest BCUT2D eigenvalue weighted by Crippen LogP contribution is 2.08. The fourth-order valence-corrected chi connectivity index (χ4v) is 2.11. The highest BCUT2D eigenvalue weighted by Gasteiger charge is 2.18. The van der Waals surface area contributed by atoms with E-state index in [1.54, 1.807) is 0 Å². The molecule has 1 aliphatic rings. The summed E-state index contributed by atoms with van der Waals surface area (Å²) in [5, 5.41) is 6.98. The summed E-state index contributed by atoms with van der Waals surface area (Å²) in [5.74, 6) is 0. The maximum absolute atomic E-state index is 3.62. The van der Waals surface area contributed by atoms with Gasteiger partial charge in [-0.2, -0.15) is 0 Å². The van der Waals surface area contributed by atoms with E-state index in [0.717, 1.165) is 6.04 Å². The predicted octanol–water partition coefficient (Wildman–Crippen LogP) is 3.12. The van der Waals surface area contributed by atoms with E-state index in [9.17, 15) is 0 Å². The molecule has 0 radical (unpaired) electrons. The largest absolute Gasteiger partial charge is 0.317 e. The number of piperidine rings is 1. The van der Waals surface area contributed by atoms with E-state index in [1.165, 1.54) is 31.5 Å². The first-order valence-electron chi connectivity index (χ1n) is 6.97. The Morgan fingerprint density at radius 2 is 1.61 bits per heavy atom. The minimum absolute atomic E-state index is 0.280. The Bertz CT molecular complexity index is 308. The van der Waals surface area contributed by atoms with Crippen LogP contribution in [0, 0.1) is 6.92 Å². The van der Waals surface area contributed by atoms with E-state index in [1.807, 2.05) is 18.2 Å². The Morgan fingerprint density at radius 3 is 2.00 bits per heavy atom. The van der Waals surface area contributed by atoms with Crippen molar-refractivity contribution in [3.8, 4) is 0 Å². The summed E-state index contributed by atoms with van der Waals surface area (Å²) >= 11 is 0. The molecule has 1 aromatic carbocycles. The Balaban J connectivity index is 0.000000199. The van der Waals surface area contributed by atoms with Gasteiger partial charge in [0.25, 0.3) is 0 Å². The minimum atomic E-state index is 0.280. The predicted molar refractivity (Wildman–Crippen MR) is 80.0 cm³/mol. The normalized spacial score (nSPS) is 16.9. The van der Waals surface area contributed by atoms with Crippen LogP contribution in [0.5, 0.6) is 0 Å². The molecule has 1 fully saturated rings. The van der Waals surface area contributed by atoms with Gasteiger partial charge in [0, 0.05) is 11.6 Å². The van der Waals surface area contributed by atoms with E-state index >= 15 is 0 Å². The molecule has 0 aliphatic carbocycles. The van der Waals surface area contributed by atoms with Crippen LogP contribution in [0.4, 0.5) is 0 Å². The van der Waals surface area contributed by atoms with Gasteiger partial charge >= 0.3 is 0 Å². The SMILES string of the molecule is CC(C)(C)NC1CCNCC1.Cc1ccccc1. The standard InChI is InChI=1S/C9H20N2.C7H8/c1-9(2,3)11-8-4-6-10-7-5-8;1-7-5-3-2-4-6-7/h8,10-11H,4-7H2,1-3H3;2-6H,1H3. The molecule has 102 valence electrons. The molecule has 2 rings (SSSR count). The van der Waals surface area contributed by atoms with E-state index in [0.29, 0.717) is 0 Å². The average Bonchev–Trinajstić information content (AvgIpc) is 2.30. The van der Waals surface area contributed by atoms with Crippen LogP contribution in [0.1, 0.15) is 39.2 Å². The maximum Gasteiger partial charge on any atom is 0.00991 e. The molecule has 0 atom stereocenters. The molecule has 2 N–H and O–H groups in total. The highest BCUT2D eigenvalue weighted by molar-refractivity contribution is 5.11. The molecule has 0 bridgehead atoms. The third kappa shape index (κ3) is 7.46. The topological polar surface area (TPSA) is 24.1 Å². The van der Waals surface area contributed by atoms with E-state index in [-0.39, 0.29) is 5.54 Å². The summed E-state index contributed by atoms with van der Waals surface area (Å²) in [6.45, 7) is 11.1. The van der Waals surface area contributed by atoms with Crippen LogP contribution in [-0.2, 0) is 0 Å². The molecule has 2 nitrogen and oxygen atoms in total. The Morgan fingerprint density at radius 1 is 1.06 bits per heavy atom. The van der Waals surface area contributed by atoms with Crippen molar-refractivity contribution >= 4 is 0 Å². The average molecular weight is 248 g/mol. The van der Waals surface area contributed by atoms with Crippen LogP contribution in [-0.4, -0.2) is 24.7 Å². The lowest BCUT2D eigenvalue weighted by Gasteiger charge is -2.31. The lowest BCUT2D eigenvalue weighted by Crippen LogP contribution is -2.48. The van der Waals surface area contributed by atoms with Gasteiger partial charge in [-0.1, -0.05) is 35.9 Å². The van der Waals surface area contributed by atoms with Gasteiger partial charge in [-0.3, -0.25) is 0 Å². The molecule has 1 saturated heterocycles. The van der Waals surface area contributed by atoms with Gasteiger partial charge in [0.1, 0.15) is 0 Å². The summed E-state index contributed by atoms with van der Waals surface area (Å²) < 4.78 is 0. The molecule has 1 aromatic rings. The number of hydrogen-bond acceptors (Lipinski definition) is 2. The first-order valence-corrected chi connectivity index (χ1v) is 6.97. The second-order valence-corrected chi connectivity index (χ2v) is 6.07. The maximum atomic E-state index is 3.62. The molecule has 0 amide bonds. The molecule has 0 aromatic heterocycles. The van der Waals surface area contributed by atoms with Crippen molar-refractivity contribution in [3.63, 3.8) is 0 Å². The van der Waals surface area contributed by atoms with Crippen molar-refractivity contribution in [1.29, 1.82) is 0 Å². The third-order valence-electron chi connectivity index (χ3n) is 2.92. The van der Waals surface area contributed by atoms with Crippen molar-refractivity contribution in [2.24, 2.45) is 0 Å². The first-order chi connectivity index (χ1) is 8.47. The number of nitrogens with one attached hydrogen (secondary N) is 2. The molecule has 0 unspecified atom stereocenters. The Labute approximate surface area is 112 Å². The number of benzene rings is 1. The van der Waals surface area contributed by atoms with Gasteiger partial charge in [0.15, 0.2) is 0 Å². The first kappa shape index (κ1) is 15.2. The monoisotopic (exact) mass is 248 g/mol. The molecule has 0 spiro atoms. The summed E-state index contributed by atoms with van der Waals surface area (Å²) in [4.78, 5) is 0. The van der Waals surface area contributed by atoms with Gasteiger partial charge in [0.2, 0.25) is 0 Å². The van der Waals surface area contributed by atoms with Crippen molar-refractivity contribution in [2.45, 2.75) is 52.1 Å². The van der Waals surface area contributed by atoms with Crippen LogP contribution in [0.25, 0.3) is 0 Å². The van der Waals surface area contributed by atoms with Gasteiger partial charge in [-0.15, -0.1) is 0 Å². The lowest BCUT2D eigenvalue weighted by molar-refractivity contribution is 0.304. The van der Waals surface area contributed by atoms with Crippen molar-refractivity contribution < 1.29 is 0 Å². The van der Waals surface area contributed by atoms with Gasteiger partial charge in [-0.25, -0.2) is 0 Å². The quantitative estimate of drug-likeness (QED) is 0.798. The molecule has 2 heteroatoms. The summed E-state index contributed by atoms with van der Waals surface area (Å²) in [5.41, 5.74) is 1.60. The molecular formula is C16H28N2. The van der Waals surface area contributed by atoms with Gasteiger partial charge < -0.3 is 10.6 Å². The van der Waals surface area contributed by atoms with Crippen LogP contribution in [0.15, 0.2) is 30.3 Å². The Kier molecular flexibility index (Phi) is 6.37. The van der Waals surface area contributed by atoms with E-state index in [2.05, 4.69) is 50.5 Å². The zero-order chi connectivity index (χ0) is 13.4. The second-order valence-electron chi connectivity index (χ2n) is 6.07. The molecule has 0 saturated carbocycles. The van der Waals surface area contributed by atoms with Crippen molar-refractivity contribution in [1.82, 2.24) is 10.6 Å². The van der Waals surface area contributed by atoms with E-state index < -0.39 is 0 Å². The summed E-state index contributed by atoms with van der Waals surface area (Å²) in [6, 6.07) is 11.0. The number of aryl methyl sites for hydroxylation is 1.